The second-order valence-electron chi connectivity index (χ2n) is 6.67. The van der Waals surface area contributed by atoms with Crippen molar-refractivity contribution in [3.8, 4) is 0 Å². The van der Waals surface area contributed by atoms with E-state index in [-0.39, 0.29) is 11.9 Å². The molecule has 0 spiro atoms. The van der Waals surface area contributed by atoms with Gasteiger partial charge in [0.25, 0.3) is 0 Å². The highest BCUT2D eigenvalue weighted by Crippen LogP contribution is 2.28. The van der Waals surface area contributed by atoms with Crippen molar-refractivity contribution in [3.63, 3.8) is 0 Å². The molecule has 23 heavy (non-hydrogen) atoms. The standard InChI is InChI=1S/C19H28N2O2/c1-23-17-10-14-20(15-11-17)18(16-8-4-2-5-9-16)19(22)21-12-6-3-7-13-21/h2,4-5,8-9,17-18H,3,6-7,10-15H2,1H3/t18-/m1/s1. The summed E-state index contributed by atoms with van der Waals surface area (Å²) >= 11 is 0. The van der Waals surface area contributed by atoms with E-state index in [0.717, 1.165) is 57.4 Å². The Morgan fingerprint density at radius 1 is 1.04 bits per heavy atom. The number of rotatable bonds is 4. The molecule has 4 heteroatoms. The topological polar surface area (TPSA) is 32.8 Å². The zero-order chi connectivity index (χ0) is 16.1. The fourth-order valence-electron chi connectivity index (χ4n) is 3.80. The third-order valence-electron chi connectivity index (χ3n) is 5.19. The van der Waals surface area contributed by atoms with Crippen molar-refractivity contribution in [2.75, 3.05) is 33.3 Å². The first-order valence-electron chi connectivity index (χ1n) is 8.90. The van der Waals surface area contributed by atoms with Crippen molar-refractivity contribution in [1.82, 2.24) is 9.80 Å². The van der Waals surface area contributed by atoms with Crippen molar-refractivity contribution in [1.29, 1.82) is 0 Å². The molecule has 0 bridgehead atoms. The minimum Gasteiger partial charge on any atom is -0.381 e. The molecule has 2 aliphatic rings. The summed E-state index contributed by atoms with van der Waals surface area (Å²) < 4.78 is 5.48. The average molecular weight is 316 g/mol. The highest BCUT2D eigenvalue weighted by Gasteiger charge is 2.34. The number of likely N-dealkylation sites (tertiary alicyclic amines) is 2. The fourth-order valence-corrected chi connectivity index (χ4v) is 3.80. The smallest absolute Gasteiger partial charge is 0.244 e. The van der Waals surface area contributed by atoms with E-state index in [2.05, 4.69) is 21.9 Å². The molecule has 0 aromatic heterocycles. The molecule has 1 atom stereocenters. The molecule has 2 aliphatic heterocycles. The summed E-state index contributed by atoms with van der Waals surface area (Å²) in [6, 6.07) is 10.1. The van der Waals surface area contributed by atoms with Crippen LogP contribution in [0.1, 0.15) is 43.7 Å². The van der Waals surface area contributed by atoms with Crippen LogP contribution in [0.3, 0.4) is 0 Å². The molecule has 1 aromatic rings. The molecule has 0 radical (unpaired) electrons. The van der Waals surface area contributed by atoms with Gasteiger partial charge in [-0.15, -0.1) is 0 Å². The molecule has 0 saturated carbocycles. The lowest BCUT2D eigenvalue weighted by Crippen LogP contribution is -2.48. The maximum atomic E-state index is 13.2. The maximum absolute atomic E-state index is 13.2. The molecule has 0 aliphatic carbocycles. The van der Waals surface area contributed by atoms with Crippen molar-refractivity contribution < 1.29 is 9.53 Å². The van der Waals surface area contributed by atoms with Crippen LogP contribution in [0, 0.1) is 0 Å². The van der Waals surface area contributed by atoms with Crippen LogP contribution in [0.4, 0.5) is 0 Å². The van der Waals surface area contributed by atoms with Gasteiger partial charge < -0.3 is 9.64 Å². The van der Waals surface area contributed by atoms with Crippen molar-refractivity contribution in [3.05, 3.63) is 35.9 Å². The van der Waals surface area contributed by atoms with Gasteiger partial charge >= 0.3 is 0 Å². The minimum atomic E-state index is -0.132. The lowest BCUT2D eigenvalue weighted by molar-refractivity contribution is -0.139. The van der Waals surface area contributed by atoms with Crippen LogP contribution in [-0.2, 0) is 9.53 Å². The molecule has 1 aromatic carbocycles. The van der Waals surface area contributed by atoms with Gasteiger partial charge in [-0.25, -0.2) is 0 Å². The van der Waals surface area contributed by atoms with E-state index in [1.54, 1.807) is 7.11 Å². The van der Waals surface area contributed by atoms with Gasteiger partial charge in [-0.3, -0.25) is 9.69 Å². The highest BCUT2D eigenvalue weighted by molar-refractivity contribution is 5.83. The fraction of sp³-hybridized carbons (Fsp3) is 0.632. The monoisotopic (exact) mass is 316 g/mol. The number of carbonyl (C=O) groups excluding carboxylic acids is 1. The Kier molecular flexibility index (Phi) is 5.68. The summed E-state index contributed by atoms with van der Waals surface area (Å²) in [6.07, 6.45) is 5.88. The maximum Gasteiger partial charge on any atom is 0.244 e. The number of hydrogen-bond acceptors (Lipinski definition) is 3. The summed E-state index contributed by atoms with van der Waals surface area (Å²) in [5.74, 6) is 0.284. The van der Waals surface area contributed by atoms with E-state index in [1.165, 1.54) is 6.42 Å². The third-order valence-corrected chi connectivity index (χ3v) is 5.19. The first kappa shape index (κ1) is 16.5. The Bertz CT molecular complexity index is 491. The first-order chi connectivity index (χ1) is 11.3. The second kappa shape index (κ2) is 7.93. The van der Waals surface area contributed by atoms with Crippen LogP contribution >= 0.6 is 0 Å². The molecule has 2 fully saturated rings. The summed E-state index contributed by atoms with van der Waals surface area (Å²) in [5, 5.41) is 0. The number of methoxy groups -OCH3 is 1. The summed E-state index contributed by atoms with van der Waals surface area (Å²) in [6.45, 7) is 3.68. The Labute approximate surface area is 139 Å². The zero-order valence-corrected chi connectivity index (χ0v) is 14.1. The van der Waals surface area contributed by atoms with Gasteiger partial charge in [0, 0.05) is 33.3 Å². The van der Waals surface area contributed by atoms with Gasteiger partial charge in [-0.05, 0) is 37.7 Å². The molecule has 2 saturated heterocycles. The molecule has 0 unspecified atom stereocenters. The first-order valence-corrected chi connectivity index (χ1v) is 8.90. The normalized spacial score (nSPS) is 22.0. The van der Waals surface area contributed by atoms with Gasteiger partial charge in [-0.1, -0.05) is 30.3 Å². The van der Waals surface area contributed by atoms with E-state index in [9.17, 15) is 4.79 Å². The molecule has 0 N–H and O–H groups in total. The van der Waals surface area contributed by atoms with Crippen LogP contribution in [0.15, 0.2) is 30.3 Å². The number of nitrogens with zero attached hydrogens (tertiary/aromatic N) is 2. The summed E-state index contributed by atoms with van der Waals surface area (Å²) in [5.41, 5.74) is 1.12. The molecular formula is C19H28N2O2. The third kappa shape index (κ3) is 3.93. The number of ether oxygens (including phenoxy) is 1. The van der Waals surface area contributed by atoms with Gasteiger partial charge in [0.1, 0.15) is 6.04 Å². The largest absolute Gasteiger partial charge is 0.381 e. The summed E-state index contributed by atoms with van der Waals surface area (Å²) in [4.78, 5) is 17.6. The molecular weight excluding hydrogens is 288 g/mol. The van der Waals surface area contributed by atoms with Crippen molar-refractivity contribution >= 4 is 5.91 Å². The Balaban J connectivity index is 1.78. The van der Waals surface area contributed by atoms with Crippen LogP contribution in [-0.4, -0.2) is 55.1 Å². The van der Waals surface area contributed by atoms with Crippen LogP contribution in [0.5, 0.6) is 0 Å². The number of benzene rings is 1. The van der Waals surface area contributed by atoms with E-state index >= 15 is 0 Å². The van der Waals surface area contributed by atoms with E-state index in [0.29, 0.717) is 6.10 Å². The van der Waals surface area contributed by atoms with Crippen molar-refractivity contribution in [2.24, 2.45) is 0 Å². The molecule has 4 nitrogen and oxygen atoms in total. The minimum absolute atomic E-state index is 0.132. The number of carbonyl (C=O) groups is 1. The quantitative estimate of drug-likeness (QED) is 0.856. The van der Waals surface area contributed by atoms with Crippen LogP contribution in [0.25, 0.3) is 0 Å². The summed E-state index contributed by atoms with van der Waals surface area (Å²) in [7, 11) is 1.79. The zero-order valence-electron chi connectivity index (χ0n) is 14.1. The van der Waals surface area contributed by atoms with E-state index < -0.39 is 0 Å². The molecule has 3 rings (SSSR count). The molecule has 1 amide bonds. The Hall–Kier alpha value is -1.39. The van der Waals surface area contributed by atoms with Gasteiger partial charge in [0.15, 0.2) is 0 Å². The number of piperidine rings is 2. The second-order valence-corrected chi connectivity index (χ2v) is 6.67. The molecule has 126 valence electrons. The van der Waals surface area contributed by atoms with Crippen LogP contribution in [0.2, 0.25) is 0 Å². The van der Waals surface area contributed by atoms with Gasteiger partial charge in [0.2, 0.25) is 5.91 Å². The lowest BCUT2D eigenvalue weighted by Gasteiger charge is -2.39. The SMILES string of the molecule is COC1CCN([C@@H](C(=O)N2CCCCC2)c2ccccc2)CC1. The van der Waals surface area contributed by atoms with Gasteiger partial charge in [0.05, 0.1) is 6.10 Å². The van der Waals surface area contributed by atoms with Crippen molar-refractivity contribution in [2.45, 2.75) is 44.2 Å². The molecule has 2 heterocycles. The van der Waals surface area contributed by atoms with Crippen LogP contribution < -0.4 is 0 Å². The van der Waals surface area contributed by atoms with E-state index in [1.807, 2.05) is 18.2 Å². The average Bonchev–Trinajstić information content (AvgIpc) is 2.64. The number of amides is 1. The Morgan fingerprint density at radius 2 is 1.70 bits per heavy atom. The van der Waals surface area contributed by atoms with E-state index in [4.69, 9.17) is 4.74 Å². The van der Waals surface area contributed by atoms with Gasteiger partial charge in [-0.2, -0.15) is 0 Å². The predicted octanol–water partition coefficient (Wildman–Crippen LogP) is 2.85. The lowest BCUT2D eigenvalue weighted by atomic mass is 9.98. The predicted molar refractivity (Wildman–Crippen MR) is 91.2 cm³/mol. The Morgan fingerprint density at radius 3 is 2.30 bits per heavy atom. The highest BCUT2D eigenvalue weighted by atomic mass is 16.5. The number of hydrogen-bond donors (Lipinski definition) is 0.